The van der Waals surface area contributed by atoms with Crippen LogP contribution in [0.3, 0.4) is 0 Å². The number of amides is 1. The zero-order chi connectivity index (χ0) is 23.1. The Balaban J connectivity index is 1.36. The maximum absolute atomic E-state index is 14.1. The van der Waals surface area contributed by atoms with Gasteiger partial charge in [-0.15, -0.1) is 0 Å². The molecule has 1 aromatic heterocycles. The third-order valence-corrected chi connectivity index (χ3v) is 7.02. The van der Waals surface area contributed by atoms with Gasteiger partial charge in [-0.25, -0.2) is 9.37 Å². The lowest BCUT2D eigenvalue weighted by molar-refractivity contribution is -0.137. The van der Waals surface area contributed by atoms with Crippen LogP contribution in [-0.2, 0) is 4.79 Å². The molecule has 2 heterocycles. The van der Waals surface area contributed by atoms with E-state index in [9.17, 15) is 19.1 Å². The number of aromatic nitrogens is 1. The largest absolute Gasteiger partial charge is 0.481 e. The van der Waals surface area contributed by atoms with Gasteiger partial charge in [-0.2, -0.15) is 0 Å². The number of aliphatic carboxylic acids is 1. The van der Waals surface area contributed by atoms with Crippen molar-refractivity contribution in [3.05, 3.63) is 82.8 Å². The van der Waals surface area contributed by atoms with Gasteiger partial charge >= 0.3 is 5.97 Å². The summed E-state index contributed by atoms with van der Waals surface area (Å²) in [6.07, 6.45) is 1.50. The highest BCUT2D eigenvalue weighted by Gasteiger charge is 2.36. The van der Waals surface area contributed by atoms with Crippen LogP contribution in [0.1, 0.15) is 53.7 Å². The molecule has 0 bridgehead atoms. The molecule has 33 heavy (non-hydrogen) atoms. The fourth-order valence-corrected chi connectivity index (χ4v) is 5.40. The van der Waals surface area contributed by atoms with Crippen molar-refractivity contribution in [3.63, 3.8) is 0 Å². The maximum atomic E-state index is 14.1. The van der Waals surface area contributed by atoms with Gasteiger partial charge in [-0.05, 0) is 66.6 Å². The number of fused-ring (bicyclic) bond motifs is 2. The lowest BCUT2D eigenvalue weighted by Gasteiger charge is -2.33. The number of carbonyl (C=O) groups is 2. The van der Waals surface area contributed by atoms with Crippen LogP contribution in [0, 0.1) is 11.7 Å². The molecule has 1 aliphatic carbocycles. The lowest BCUT2D eigenvalue weighted by Crippen LogP contribution is -2.39. The van der Waals surface area contributed by atoms with E-state index in [1.54, 1.807) is 12.1 Å². The van der Waals surface area contributed by atoms with E-state index in [0.29, 0.717) is 18.8 Å². The fraction of sp³-hybridized carbons (Fsp3) is 0.296. The minimum atomic E-state index is -0.862. The number of pyridine rings is 1. The van der Waals surface area contributed by atoms with Gasteiger partial charge in [0.1, 0.15) is 11.5 Å². The highest BCUT2D eigenvalue weighted by molar-refractivity contribution is 5.95. The normalized spacial score (nSPS) is 18.6. The number of carbonyl (C=O) groups excluding carboxylic acids is 1. The van der Waals surface area contributed by atoms with E-state index < -0.39 is 5.97 Å². The lowest BCUT2D eigenvalue weighted by atomic mass is 9.84. The van der Waals surface area contributed by atoms with Gasteiger partial charge in [-0.3, -0.25) is 9.59 Å². The topological polar surface area (TPSA) is 70.5 Å². The van der Waals surface area contributed by atoms with Crippen molar-refractivity contribution in [2.75, 3.05) is 13.1 Å². The minimum Gasteiger partial charge on any atom is -0.481 e. The van der Waals surface area contributed by atoms with Gasteiger partial charge in [0.05, 0.1) is 11.9 Å². The van der Waals surface area contributed by atoms with E-state index >= 15 is 0 Å². The number of nitrogens with zero attached hydrogens (tertiary/aromatic N) is 2. The molecule has 5 nitrogen and oxygen atoms in total. The number of likely N-dealkylation sites (tertiary alicyclic amines) is 1. The first-order valence-electron chi connectivity index (χ1n) is 11.3. The first kappa shape index (κ1) is 21.3. The predicted molar refractivity (Wildman–Crippen MR) is 124 cm³/mol. The van der Waals surface area contributed by atoms with Gasteiger partial charge in [0.2, 0.25) is 0 Å². The van der Waals surface area contributed by atoms with Crippen LogP contribution in [0.5, 0.6) is 0 Å². The second-order valence-electron chi connectivity index (χ2n) is 8.93. The zero-order valence-corrected chi connectivity index (χ0v) is 18.4. The molecule has 1 atom stereocenters. The average Bonchev–Trinajstić information content (AvgIpc) is 3.08. The Hall–Kier alpha value is -3.54. The second-order valence-corrected chi connectivity index (χ2v) is 8.93. The molecule has 1 saturated heterocycles. The van der Waals surface area contributed by atoms with Crippen LogP contribution in [0.15, 0.2) is 60.2 Å². The predicted octanol–water partition coefficient (Wildman–Crippen LogP) is 5.27. The Morgan fingerprint density at radius 2 is 1.85 bits per heavy atom. The highest BCUT2D eigenvalue weighted by Crippen LogP contribution is 2.49. The molecule has 2 aromatic carbocycles. The summed E-state index contributed by atoms with van der Waals surface area (Å²) < 4.78 is 14.1. The minimum absolute atomic E-state index is 0.00106. The van der Waals surface area contributed by atoms with E-state index in [0.717, 1.165) is 46.0 Å². The van der Waals surface area contributed by atoms with Crippen LogP contribution >= 0.6 is 0 Å². The number of hydrogen-bond acceptors (Lipinski definition) is 3. The number of piperidine rings is 1. The Morgan fingerprint density at radius 1 is 1.09 bits per heavy atom. The molecule has 1 fully saturated rings. The van der Waals surface area contributed by atoms with Crippen LogP contribution in [-0.4, -0.2) is 40.0 Å². The number of para-hydroxylation sites is 1. The van der Waals surface area contributed by atoms with Crippen molar-refractivity contribution in [2.45, 2.75) is 32.1 Å². The number of carboxylic acids is 1. The third kappa shape index (κ3) is 3.90. The molecule has 0 spiro atoms. The molecule has 6 heteroatoms. The quantitative estimate of drug-likeness (QED) is 0.595. The number of hydrogen-bond donors (Lipinski definition) is 1. The van der Waals surface area contributed by atoms with Crippen molar-refractivity contribution in [2.24, 2.45) is 5.92 Å². The Kier molecular flexibility index (Phi) is 5.44. The molecule has 0 radical (unpaired) electrons. The monoisotopic (exact) mass is 444 g/mol. The molecular formula is C27H25FN2O3. The number of allylic oxidation sites excluding steroid dienone is 2. The summed E-state index contributed by atoms with van der Waals surface area (Å²) in [4.78, 5) is 30.9. The van der Waals surface area contributed by atoms with Gasteiger partial charge in [-0.1, -0.05) is 35.9 Å². The number of halogens is 1. The molecule has 2 aliphatic rings. The molecule has 3 aromatic rings. The highest BCUT2D eigenvalue weighted by atomic mass is 19.1. The molecule has 1 amide bonds. The SMILES string of the molecule is CC1=C(C2CCN(C(=O)c3ccc4ccccc4n3)CC2)c2cc(F)ccc2C1CC(=O)O. The summed E-state index contributed by atoms with van der Waals surface area (Å²) in [5.74, 6) is -1.32. The molecule has 0 saturated carbocycles. The maximum Gasteiger partial charge on any atom is 0.304 e. The van der Waals surface area contributed by atoms with E-state index in [4.69, 9.17) is 0 Å². The van der Waals surface area contributed by atoms with Gasteiger partial charge < -0.3 is 10.0 Å². The van der Waals surface area contributed by atoms with Crippen molar-refractivity contribution in [1.82, 2.24) is 9.88 Å². The van der Waals surface area contributed by atoms with Crippen LogP contribution in [0.2, 0.25) is 0 Å². The van der Waals surface area contributed by atoms with E-state index in [2.05, 4.69) is 4.98 Å². The van der Waals surface area contributed by atoms with Gasteiger partial charge in [0, 0.05) is 24.4 Å². The smallest absolute Gasteiger partial charge is 0.304 e. The molecule has 1 aliphatic heterocycles. The van der Waals surface area contributed by atoms with Crippen LogP contribution in [0.25, 0.3) is 16.5 Å². The average molecular weight is 445 g/mol. The van der Waals surface area contributed by atoms with Crippen molar-refractivity contribution < 1.29 is 19.1 Å². The molecule has 1 unspecified atom stereocenters. The van der Waals surface area contributed by atoms with Gasteiger partial charge in [0.25, 0.3) is 5.91 Å². The van der Waals surface area contributed by atoms with Crippen molar-refractivity contribution in [1.29, 1.82) is 0 Å². The number of benzene rings is 2. The van der Waals surface area contributed by atoms with Crippen molar-refractivity contribution >= 4 is 28.4 Å². The van der Waals surface area contributed by atoms with Gasteiger partial charge in [0.15, 0.2) is 0 Å². The molecule has 5 rings (SSSR count). The molecule has 1 N–H and O–H groups in total. The Bertz CT molecular complexity index is 1290. The zero-order valence-electron chi connectivity index (χ0n) is 18.4. The summed E-state index contributed by atoms with van der Waals surface area (Å²) in [7, 11) is 0. The number of rotatable bonds is 4. The molecule has 168 valence electrons. The summed E-state index contributed by atoms with van der Waals surface area (Å²) in [6.45, 7) is 3.14. The summed E-state index contributed by atoms with van der Waals surface area (Å²) in [6, 6.07) is 16.1. The second kappa shape index (κ2) is 8.43. The number of carboxylic acid groups (broad SMARTS) is 1. The first-order valence-corrected chi connectivity index (χ1v) is 11.3. The van der Waals surface area contributed by atoms with E-state index in [1.165, 1.54) is 12.1 Å². The fourth-order valence-electron chi connectivity index (χ4n) is 5.40. The van der Waals surface area contributed by atoms with E-state index in [-0.39, 0.29) is 30.0 Å². The summed E-state index contributed by atoms with van der Waals surface area (Å²) in [5, 5.41) is 10.4. The summed E-state index contributed by atoms with van der Waals surface area (Å²) >= 11 is 0. The first-order chi connectivity index (χ1) is 15.9. The Morgan fingerprint density at radius 3 is 2.61 bits per heavy atom. The molecular weight excluding hydrogens is 419 g/mol. The Labute approximate surface area is 191 Å². The van der Waals surface area contributed by atoms with Crippen molar-refractivity contribution in [3.8, 4) is 0 Å². The summed E-state index contributed by atoms with van der Waals surface area (Å²) in [5.41, 5.74) is 5.04. The van der Waals surface area contributed by atoms with Crippen LogP contribution < -0.4 is 0 Å². The standard InChI is InChI=1S/C27H25FN2O3/c1-16-21(15-25(31)32)20-8-7-19(28)14-22(20)26(16)18-10-12-30(13-11-18)27(33)24-9-6-17-4-2-3-5-23(17)29-24/h2-9,14,18,21H,10-13,15H2,1H3,(H,31,32). The van der Waals surface area contributed by atoms with E-state index in [1.807, 2.05) is 42.2 Å². The van der Waals surface area contributed by atoms with Crippen LogP contribution in [0.4, 0.5) is 4.39 Å². The third-order valence-electron chi connectivity index (χ3n) is 7.02.